The van der Waals surface area contributed by atoms with E-state index in [0.29, 0.717) is 43.5 Å². The van der Waals surface area contributed by atoms with Crippen LogP contribution in [0.3, 0.4) is 0 Å². The SMILES string of the molecule is O=C(O)/C=C/C1Cc2c(-c3ccc(S(=O)(=O)N4CCOCC4)cc3)ccc(Cl)c2O1. The van der Waals surface area contributed by atoms with Gasteiger partial charge in [0.2, 0.25) is 10.0 Å². The quantitative estimate of drug-likeness (QED) is 0.705. The van der Waals surface area contributed by atoms with Gasteiger partial charge in [-0.15, -0.1) is 0 Å². The van der Waals surface area contributed by atoms with Crippen molar-refractivity contribution in [3.63, 3.8) is 0 Å². The molecule has 2 heterocycles. The molecule has 0 aliphatic carbocycles. The fourth-order valence-electron chi connectivity index (χ4n) is 3.63. The van der Waals surface area contributed by atoms with Gasteiger partial charge in [-0.05, 0) is 35.4 Å². The fraction of sp³-hybridized carbons (Fsp3) is 0.286. The Bertz CT molecular complexity index is 1090. The molecule has 9 heteroatoms. The first-order valence-corrected chi connectivity index (χ1v) is 11.3. The van der Waals surface area contributed by atoms with E-state index in [1.807, 2.05) is 6.07 Å². The van der Waals surface area contributed by atoms with Gasteiger partial charge in [-0.2, -0.15) is 4.31 Å². The van der Waals surface area contributed by atoms with E-state index in [-0.39, 0.29) is 4.90 Å². The molecule has 4 rings (SSSR count). The minimum Gasteiger partial charge on any atom is -0.484 e. The molecular weight excluding hydrogens is 430 g/mol. The summed E-state index contributed by atoms with van der Waals surface area (Å²) in [6, 6.07) is 10.3. The van der Waals surface area contributed by atoms with Gasteiger partial charge in [0.25, 0.3) is 0 Å². The van der Waals surface area contributed by atoms with Crippen LogP contribution in [-0.2, 0) is 26.0 Å². The van der Waals surface area contributed by atoms with E-state index in [9.17, 15) is 13.2 Å². The number of nitrogens with zero attached hydrogens (tertiary/aromatic N) is 1. The Morgan fingerprint density at radius 1 is 1.13 bits per heavy atom. The maximum atomic E-state index is 12.8. The summed E-state index contributed by atoms with van der Waals surface area (Å²) in [4.78, 5) is 11.0. The second-order valence-electron chi connectivity index (χ2n) is 7.00. The van der Waals surface area contributed by atoms with Crippen molar-refractivity contribution in [1.82, 2.24) is 4.31 Å². The first kappa shape index (κ1) is 20.9. The number of hydrogen-bond acceptors (Lipinski definition) is 5. The summed E-state index contributed by atoms with van der Waals surface area (Å²) in [5, 5.41) is 9.29. The highest BCUT2D eigenvalue weighted by atomic mass is 35.5. The largest absolute Gasteiger partial charge is 0.484 e. The molecule has 0 spiro atoms. The van der Waals surface area contributed by atoms with E-state index in [2.05, 4.69) is 0 Å². The number of hydrogen-bond donors (Lipinski definition) is 1. The Morgan fingerprint density at radius 3 is 2.50 bits per heavy atom. The fourth-order valence-corrected chi connectivity index (χ4v) is 5.26. The van der Waals surface area contributed by atoms with Crippen molar-refractivity contribution in [2.45, 2.75) is 17.4 Å². The number of morpholine rings is 1. The molecule has 1 fully saturated rings. The Labute approximate surface area is 179 Å². The van der Waals surface area contributed by atoms with Crippen molar-refractivity contribution in [3.05, 3.63) is 59.1 Å². The molecule has 1 unspecified atom stereocenters. The van der Waals surface area contributed by atoms with Crippen LogP contribution in [0.1, 0.15) is 5.56 Å². The monoisotopic (exact) mass is 449 g/mol. The van der Waals surface area contributed by atoms with Crippen molar-refractivity contribution in [1.29, 1.82) is 0 Å². The number of carboxylic acid groups (broad SMARTS) is 1. The number of benzene rings is 2. The molecule has 1 saturated heterocycles. The Hall–Kier alpha value is -2.39. The van der Waals surface area contributed by atoms with Gasteiger partial charge in [-0.3, -0.25) is 0 Å². The van der Waals surface area contributed by atoms with E-state index in [1.165, 1.54) is 10.4 Å². The van der Waals surface area contributed by atoms with Crippen molar-refractivity contribution in [2.24, 2.45) is 0 Å². The van der Waals surface area contributed by atoms with Crippen LogP contribution >= 0.6 is 11.6 Å². The normalized spacial score (nSPS) is 19.6. The molecule has 30 heavy (non-hydrogen) atoms. The predicted octanol–water partition coefficient (Wildman–Crippen LogP) is 2.97. The number of rotatable bonds is 5. The average molecular weight is 450 g/mol. The van der Waals surface area contributed by atoms with Gasteiger partial charge in [0.15, 0.2) is 0 Å². The van der Waals surface area contributed by atoms with Gasteiger partial charge in [-0.1, -0.05) is 29.8 Å². The molecule has 0 aromatic heterocycles. The highest BCUT2D eigenvalue weighted by Crippen LogP contribution is 2.42. The van der Waals surface area contributed by atoms with Crippen molar-refractivity contribution in [3.8, 4) is 16.9 Å². The summed E-state index contributed by atoms with van der Waals surface area (Å²) < 4.78 is 38.1. The number of ether oxygens (including phenoxy) is 2. The maximum absolute atomic E-state index is 12.8. The van der Waals surface area contributed by atoms with E-state index in [1.54, 1.807) is 30.3 Å². The van der Waals surface area contributed by atoms with Crippen LogP contribution in [0.4, 0.5) is 0 Å². The van der Waals surface area contributed by atoms with Crippen LogP contribution in [0.15, 0.2) is 53.4 Å². The molecular formula is C21H20ClNO6S. The smallest absolute Gasteiger partial charge is 0.328 e. The number of carboxylic acids is 1. The van der Waals surface area contributed by atoms with Crippen molar-refractivity contribution in [2.75, 3.05) is 26.3 Å². The lowest BCUT2D eigenvalue weighted by Gasteiger charge is -2.26. The molecule has 0 radical (unpaired) electrons. The highest BCUT2D eigenvalue weighted by molar-refractivity contribution is 7.89. The van der Waals surface area contributed by atoms with Crippen LogP contribution in [-0.4, -0.2) is 56.2 Å². The summed E-state index contributed by atoms with van der Waals surface area (Å²) >= 11 is 6.27. The summed E-state index contributed by atoms with van der Waals surface area (Å²) in [5.41, 5.74) is 2.57. The molecule has 2 aliphatic heterocycles. The third kappa shape index (κ3) is 4.09. The molecule has 0 saturated carbocycles. The van der Waals surface area contributed by atoms with Gasteiger partial charge in [0.05, 0.1) is 23.1 Å². The van der Waals surface area contributed by atoms with E-state index < -0.39 is 22.1 Å². The maximum Gasteiger partial charge on any atom is 0.328 e. The minimum absolute atomic E-state index is 0.234. The molecule has 2 aliphatic rings. The molecule has 2 aromatic rings. The Balaban J connectivity index is 1.62. The topological polar surface area (TPSA) is 93.1 Å². The van der Waals surface area contributed by atoms with Crippen LogP contribution in [0.5, 0.6) is 5.75 Å². The third-order valence-electron chi connectivity index (χ3n) is 5.11. The average Bonchev–Trinajstić information content (AvgIpc) is 3.18. The summed E-state index contributed by atoms with van der Waals surface area (Å²) in [6.07, 6.45) is 2.59. The van der Waals surface area contributed by atoms with E-state index in [4.69, 9.17) is 26.2 Å². The lowest BCUT2D eigenvalue weighted by atomic mass is 9.96. The summed E-state index contributed by atoms with van der Waals surface area (Å²) in [6.45, 7) is 1.48. The van der Waals surface area contributed by atoms with Gasteiger partial charge in [0, 0.05) is 31.1 Å². The van der Waals surface area contributed by atoms with Gasteiger partial charge < -0.3 is 14.6 Å². The van der Waals surface area contributed by atoms with Crippen LogP contribution in [0.2, 0.25) is 5.02 Å². The lowest BCUT2D eigenvalue weighted by Crippen LogP contribution is -2.40. The molecule has 158 valence electrons. The van der Waals surface area contributed by atoms with E-state index >= 15 is 0 Å². The van der Waals surface area contributed by atoms with E-state index in [0.717, 1.165) is 22.8 Å². The zero-order valence-corrected chi connectivity index (χ0v) is 17.5. The van der Waals surface area contributed by atoms with Crippen molar-refractivity contribution < 1.29 is 27.8 Å². The Kier molecular flexibility index (Phi) is 5.84. The standard InChI is InChI=1S/C21H20ClNO6S/c22-19-7-6-17(18-13-15(29-21(18)19)3-8-20(24)25)14-1-4-16(5-2-14)30(26,27)23-9-11-28-12-10-23/h1-8,15H,9-13H2,(H,24,25)/b8-3+. The lowest BCUT2D eigenvalue weighted by molar-refractivity contribution is -0.131. The second-order valence-corrected chi connectivity index (χ2v) is 9.35. The molecule has 1 atom stereocenters. The zero-order valence-electron chi connectivity index (χ0n) is 16.0. The number of carbonyl (C=O) groups is 1. The third-order valence-corrected chi connectivity index (χ3v) is 7.32. The number of fused-ring (bicyclic) bond motifs is 1. The molecule has 1 N–H and O–H groups in total. The minimum atomic E-state index is -3.56. The van der Waals surface area contributed by atoms with Gasteiger partial charge in [-0.25, -0.2) is 13.2 Å². The van der Waals surface area contributed by atoms with Gasteiger partial charge in [0.1, 0.15) is 11.9 Å². The van der Waals surface area contributed by atoms with Crippen molar-refractivity contribution >= 4 is 27.6 Å². The molecule has 0 bridgehead atoms. The number of halogens is 1. The van der Waals surface area contributed by atoms with Crippen LogP contribution in [0, 0.1) is 0 Å². The van der Waals surface area contributed by atoms with Crippen LogP contribution in [0.25, 0.3) is 11.1 Å². The molecule has 0 amide bonds. The number of sulfonamides is 1. The summed E-state index contributed by atoms with van der Waals surface area (Å²) in [5.74, 6) is -0.517. The van der Waals surface area contributed by atoms with Crippen LogP contribution < -0.4 is 4.74 Å². The molecule has 2 aromatic carbocycles. The number of aliphatic carboxylic acids is 1. The first-order chi connectivity index (χ1) is 14.4. The highest BCUT2D eigenvalue weighted by Gasteiger charge is 2.28. The summed E-state index contributed by atoms with van der Waals surface area (Å²) in [7, 11) is -3.56. The van der Waals surface area contributed by atoms with Gasteiger partial charge >= 0.3 is 5.97 Å². The zero-order chi connectivity index (χ0) is 21.3. The first-order valence-electron chi connectivity index (χ1n) is 9.44. The second kappa shape index (κ2) is 8.39. The predicted molar refractivity (Wildman–Crippen MR) is 111 cm³/mol. The molecule has 7 nitrogen and oxygen atoms in total. The Morgan fingerprint density at radius 2 is 1.83 bits per heavy atom.